The maximum atomic E-state index is 8.94. The molecule has 0 bridgehead atoms. The van der Waals surface area contributed by atoms with Crippen LogP contribution in [0.2, 0.25) is 0 Å². The second-order valence-electron chi connectivity index (χ2n) is 4.65. The van der Waals surface area contributed by atoms with E-state index in [2.05, 4.69) is 39.1 Å². The summed E-state index contributed by atoms with van der Waals surface area (Å²) in [6.07, 6.45) is 6.21. The maximum Gasteiger partial charge on any atom is 0.194 e. The molecule has 0 amide bonds. The summed E-state index contributed by atoms with van der Waals surface area (Å²) < 4.78 is 4.58. The van der Waals surface area contributed by atoms with E-state index in [1.807, 2.05) is 47.5 Å². The molecule has 0 saturated heterocycles. The number of halogens is 1. The first kappa shape index (κ1) is 14.1. The number of hydrogen-bond acceptors (Lipinski definition) is 5. The lowest BCUT2D eigenvalue weighted by Crippen LogP contribution is -2.43. The Morgan fingerprint density at radius 3 is 2.86 bits per heavy atom. The molecule has 1 aromatic rings. The fourth-order valence-electron chi connectivity index (χ4n) is 2.25. The van der Waals surface area contributed by atoms with Gasteiger partial charge in [0, 0.05) is 0 Å². The van der Waals surface area contributed by atoms with Crippen molar-refractivity contribution in [2.45, 2.75) is 10.1 Å². The van der Waals surface area contributed by atoms with Crippen molar-refractivity contribution in [3.05, 3.63) is 48.1 Å². The van der Waals surface area contributed by atoms with Gasteiger partial charge in [-0.1, -0.05) is 6.08 Å². The highest BCUT2D eigenvalue weighted by Crippen LogP contribution is 2.33. The van der Waals surface area contributed by atoms with Gasteiger partial charge in [0.25, 0.3) is 0 Å². The largest absolute Gasteiger partial charge is 0.497 e. The summed E-state index contributed by atoms with van der Waals surface area (Å²) in [4.78, 5) is 4.58. The number of hydrogen-bond donors (Lipinski definition) is 1. The number of alkyl halides is 1. The van der Waals surface area contributed by atoms with Crippen LogP contribution in [0.5, 0.6) is 5.75 Å². The number of aliphatic imine (C=N–C) groups is 1. The molecule has 21 heavy (non-hydrogen) atoms. The minimum atomic E-state index is -0.609. The average molecular weight is 392 g/mol. The van der Waals surface area contributed by atoms with Gasteiger partial charge < -0.3 is 4.74 Å². The lowest BCUT2D eigenvalue weighted by atomic mass is 10.1. The summed E-state index contributed by atoms with van der Waals surface area (Å²) in [7, 11) is 1.65. The highest BCUT2D eigenvalue weighted by atomic mass is 127. The van der Waals surface area contributed by atoms with E-state index in [-0.39, 0.29) is 0 Å². The summed E-state index contributed by atoms with van der Waals surface area (Å²) in [5.74, 6) is 1.63. The third-order valence-corrected chi connectivity index (χ3v) is 4.11. The molecule has 0 spiro atoms. The standard InChI is InChI=1S/C15H13IN4O/c1-21-12-7-5-11(6-8-12)13-3-2-4-14-18-15(16,9-10-17)19-20(13)14/h2-8,19H,9H2,1H3. The van der Waals surface area contributed by atoms with Gasteiger partial charge in [-0.25, -0.2) is 4.99 Å². The van der Waals surface area contributed by atoms with Crippen molar-refractivity contribution < 1.29 is 4.74 Å². The van der Waals surface area contributed by atoms with E-state index < -0.39 is 3.67 Å². The Labute approximate surface area is 136 Å². The zero-order valence-electron chi connectivity index (χ0n) is 11.4. The molecule has 1 atom stereocenters. The molecule has 5 nitrogen and oxygen atoms in total. The van der Waals surface area contributed by atoms with Gasteiger partial charge in [-0.3, -0.25) is 5.01 Å². The number of nitriles is 1. The number of amidine groups is 1. The minimum absolute atomic E-state index is 0.303. The van der Waals surface area contributed by atoms with Crippen LogP contribution in [0.25, 0.3) is 5.70 Å². The molecular weight excluding hydrogens is 379 g/mol. The van der Waals surface area contributed by atoms with Crippen LogP contribution < -0.4 is 10.2 Å². The Kier molecular flexibility index (Phi) is 3.69. The Morgan fingerprint density at radius 1 is 1.43 bits per heavy atom. The zero-order chi connectivity index (χ0) is 14.9. The van der Waals surface area contributed by atoms with Gasteiger partial charge in [-0.15, -0.1) is 0 Å². The van der Waals surface area contributed by atoms with E-state index in [0.717, 1.165) is 22.8 Å². The predicted octanol–water partition coefficient (Wildman–Crippen LogP) is 2.83. The molecule has 0 aliphatic carbocycles. The molecule has 2 aliphatic rings. The number of fused-ring (bicyclic) bond motifs is 1. The molecule has 0 aromatic heterocycles. The molecule has 1 N–H and O–H groups in total. The van der Waals surface area contributed by atoms with Crippen LogP contribution in [-0.2, 0) is 0 Å². The van der Waals surface area contributed by atoms with Crippen LogP contribution in [0.1, 0.15) is 12.0 Å². The highest BCUT2D eigenvalue weighted by molar-refractivity contribution is 14.1. The third-order valence-electron chi connectivity index (χ3n) is 3.24. The number of ether oxygens (including phenoxy) is 1. The van der Waals surface area contributed by atoms with Crippen LogP contribution in [0.3, 0.4) is 0 Å². The number of rotatable bonds is 3. The molecule has 0 saturated carbocycles. The number of allylic oxidation sites excluding steroid dienone is 2. The monoisotopic (exact) mass is 392 g/mol. The number of hydrazine groups is 1. The fourth-order valence-corrected chi connectivity index (χ4v) is 2.91. The van der Waals surface area contributed by atoms with Crippen LogP contribution >= 0.6 is 22.6 Å². The Hall–Kier alpha value is -1.85. The van der Waals surface area contributed by atoms with Gasteiger partial charge >= 0.3 is 0 Å². The second-order valence-corrected chi connectivity index (χ2v) is 6.44. The summed E-state index contributed by atoms with van der Waals surface area (Å²) in [6.45, 7) is 0. The van der Waals surface area contributed by atoms with Crippen molar-refractivity contribution in [1.29, 1.82) is 5.26 Å². The molecular formula is C15H13IN4O. The Balaban J connectivity index is 1.91. The predicted molar refractivity (Wildman–Crippen MR) is 89.5 cm³/mol. The van der Waals surface area contributed by atoms with Crippen LogP contribution in [0.15, 0.2) is 47.5 Å². The molecule has 1 aromatic carbocycles. The fraction of sp³-hybridized carbons (Fsp3) is 0.200. The van der Waals surface area contributed by atoms with E-state index in [9.17, 15) is 0 Å². The van der Waals surface area contributed by atoms with Crippen LogP contribution in [-0.4, -0.2) is 21.6 Å². The highest BCUT2D eigenvalue weighted by Gasteiger charge is 2.37. The van der Waals surface area contributed by atoms with Crippen molar-refractivity contribution in [2.24, 2.45) is 4.99 Å². The van der Waals surface area contributed by atoms with Gasteiger partial charge in [0.15, 0.2) is 3.67 Å². The van der Waals surface area contributed by atoms with E-state index in [1.54, 1.807) is 7.11 Å². The van der Waals surface area contributed by atoms with Crippen LogP contribution in [0.4, 0.5) is 0 Å². The van der Waals surface area contributed by atoms with Gasteiger partial charge in [-0.05, 0) is 64.6 Å². The average Bonchev–Trinajstić information content (AvgIpc) is 2.83. The van der Waals surface area contributed by atoms with Crippen molar-refractivity contribution >= 4 is 34.1 Å². The van der Waals surface area contributed by atoms with Gasteiger partial charge in [0.05, 0.1) is 25.3 Å². The normalized spacial score (nSPS) is 23.2. The summed E-state index contributed by atoms with van der Waals surface area (Å²) in [5.41, 5.74) is 5.34. The molecule has 2 aliphatic heterocycles. The number of methoxy groups -OCH3 is 1. The van der Waals surface area contributed by atoms with Crippen molar-refractivity contribution in [2.75, 3.05) is 7.11 Å². The molecule has 1 unspecified atom stereocenters. The number of nitrogens with one attached hydrogen (secondary N) is 1. The van der Waals surface area contributed by atoms with Gasteiger partial charge in [0.1, 0.15) is 11.6 Å². The first-order valence-electron chi connectivity index (χ1n) is 6.42. The first-order chi connectivity index (χ1) is 10.1. The van der Waals surface area contributed by atoms with Gasteiger partial charge in [0.2, 0.25) is 0 Å². The molecule has 106 valence electrons. The minimum Gasteiger partial charge on any atom is -0.497 e. The second kappa shape index (κ2) is 5.50. The molecule has 0 radical (unpaired) electrons. The maximum absolute atomic E-state index is 8.94. The summed E-state index contributed by atoms with van der Waals surface area (Å²) >= 11 is 2.17. The number of nitrogens with zero attached hydrogens (tertiary/aromatic N) is 3. The SMILES string of the molecule is COc1ccc(C2=CC=CC3=NC(I)(CC#N)NN23)cc1. The molecule has 3 rings (SSSR count). The lowest BCUT2D eigenvalue weighted by Gasteiger charge is -2.27. The topological polar surface area (TPSA) is 60.6 Å². The van der Waals surface area contributed by atoms with E-state index in [0.29, 0.717) is 6.42 Å². The Morgan fingerprint density at radius 2 is 2.19 bits per heavy atom. The van der Waals surface area contributed by atoms with Crippen LogP contribution in [0, 0.1) is 11.3 Å². The van der Waals surface area contributed by atoms with E-state index in [4.69, 9.17) is 10.00 Å². The third kappa shape index (κ3) is 2.66. The van der Waals surface area contributed by atoms with Crippen molar-refractivity contribution in [3.8, 4) is 11.8 Å². The quantitative estimate of drug-likeness (QED) is 0.488. The molecule has 0 fully saturated rings. The van der Waals surface area contributed by atoms with Crippen molar-refractivity contribution in [1.82, 2.24) is 10.4 Å². The smallest absolute Gasteiger partial charge is 0.194 e. The Bertz CT molecular complexity index is 687. The van der Waals surface area contributed by atoms with E-state index in [1.165, 1.54) is 0 Å². The molecule has 6 heteroatoms. The first-order valence-corrected chi connectivity index (χ1v) is 7.49. The molecule has 2 heterocycles. The lowest BCUT2D eigenvalue weighted by molar-refractivity contribution is 0.385. The van der Waals surface area contributed by atoms with E-state index >= 15 is 0 Å². The summed E-state index contributed by atoms with van der Waals surface area (Å²) in [5, 5.41) is 10.9. The zero-order valence-corrected chi connectivity index (χ0v) is 13.5. The van der Waals surface area contributed by atoms with Gasteiger partial charge in [-0.2, -0.15) is 10.7 Å². The summed E-state index contributed by atoms with van der Waals surface area (Å²) in [6, 6.07) is 10.0. The van der Waals surface area contributed by atoms with Crippen molar-refractivity contribution in [3.63, 3.8) is 0 Å². The number of benzene rings is 1.